The van der Waals surface area contributed by atoms with E-state index < -0.39 is 8.15 Å². The van der Waals surface area contributed by atoms with Crippen LogP contribution in [0.4, 0.5) is 17.1 Å². The number of fused-ring (bicyclic) bond motifs is 5. The highest BCUT2D eigenvalue weighted by molar-refractivity contribution is 7.68. The van der Waals surface area contributed by atoms with Crippen LogP contribution in [0.2, 0.25) is 0 Å². The zero-order chi connectivity index (χ0) is 35.8. The Morgan fingerprint density at radius 2 is 0.944 bits per heavy atom. The predicted molar refractivity (Wildman–Crippen MR) is 230 cm³/mol. The van der Waals surface area contributed by atoms with Gasteiger partial charge in [0.15, 0.2) is 8.15 Å². The van der Waals surface area contributed by atoms with Gasteiger partial charge in [-0.1, -0.05) is 158 Å². The molecule has 0 fully saturated rings. The second kappa shape index (κ2) is 13.8. The van der Waals surface area contributed by atoms with E-state index in [4.69, 9.17) is 4.52 Å². The molecule has 0 saturated carbocycles. The molecule has 2 nitrogen and oxygen atoms in total. The summed E-state index contributed by atoms with van der Waals surface area (Å²) in [7, 11) is -1.01. The smallest absolute Gasteiger partial charge is 0.150 e. The molecule has 0 aliphatic carbocycles. The maximum absolute atomic E-state index is 6.60. The van der Waals surface area contributed by atoms with E-state index in [0.29, 0.717) is 0 Å². The summed E-state index contributed by atoms with van der Waals surface area (Å²) in [6, 6.07) is 74.3. The van der Waals surface area contributed by atoms with Gasteiger partial charge in [-0.05, 0) is 103 Å². The minimum atomic E-state index is -1.01. The molecule has 54 heavy (non-hydrogen) atoms. The molecule has 0 aromatic heterocycles. The van der Waals surface area contributed by atoms with E-state index in [2.05, 4.69) is 181 Å². The first-order valence-corrected chi connectivity index (χ1v) is 19.7. The largest absolute Gasteiger partial charge is 0.464 e. The molecule has 1 heterocycles. The van der Waals surface area contributed by atoms with Crippen LogP contribution in [-0.4, -0.2) is 0 Å². The van der Waals surface area contributed by atoms with Gasteiger partial charge in [-0.15, -0.1) is 0 Å². The van der Waals surface area contributed by atoms with Gasteiger partial charge >= 0.3 is 0 Å². The van der Waals surface area contributed by atoms with Crippen LogP contribution in [0.1, 0.15) is 11.1 Å². The van der Waals surface area contributed by atoms with Gasteiger partial charge in [0, 0.05) is 34.1 Å². The molecular formula is C51H36NOP. The Bertz CT molecular complexity index is 2760. The van der Waals surface area contributed by atoms with Crippen molar-refractivity contribution in [2.45, 2.75) is 6.42 Å². The molecule has 0 amide bonds. The van der Waals surface area contributed by atoms with Gasteiger partial charge in [0.1, 0.15) is 5.75 Å². The molecule has 1 aliphatic rings. The molecule has 10 rings (SSSR count). The Morgan fingerprint density at radius 1 is 0.389 bits per heavy atom. The van der Waals surface area contributed by atoms with Gasteiger partial charge in [-0.3, -0.25) is 0 Å². The fourth-order valence-electron chi connectivity index (χ4n) is 7.79. The molecular weight excluding hydrogens is 674 g/mol. The van der Waals surface area contributed by atoms with Crippen molar-refractivity contribution >= 4 is 57.4 Å². The molecule has 0 bridgehead atoms. The Kier molecular flexibility index (Phi) is 8.24. The number of rotatable bonds is 7. The van der Waals surface area contributed by atoms with Crippen molar-refractivity contribution in [1.29, 1.82) is 0 Å². The minimum Gasteiger partial charge on any atom is -0.464 e. The van der Waals surface area contributed by atoms with E-state index in [1.54, 1.807) is 0 Å². The van der Waals surface area contributed by atoms with Crippen molar-refractivity contribution in [3.05, 3.63) is 217 Å². The van der Waals surface area contributed by atoms with E-state index in [9.17, 15) is 0 Å². The third-order valence-corrected chi connectivity index (χ3v) is 12.4. The first-order chi connectivity index (χ1) is 26.7. The third kappa shape index (κ3) is 6.01. The van der Waals surface area contributed by atoms with E-state index in [-0.39, 0.29) is 0 Å². The SMILES string of the molecule is c1ccc(OP(c2ccccc2)c2ccc(-c3ccc(N4c5ccccc5Cc5cc(-c6ccc7ccc8ccccc8c7c6)ccc54)cc3)cc2)cc1. The normalized spacial score (nSPS) is 12.6. The van der Waals surface area contributed by atoms with Crippen molar-refractivity contribution in [2.24, 2.45) is 0 Å². The Morgan fingerprint density at radius 3 is 1.74 bits per heavy atom. The molecule has 0 saturated heterocycles. The van der Waals surface area contributed by atoms with Crippen LogP contribution >= 0.6 is 8.15 Å². The second-order valence-electron chi connectivity index (χ2n) is 13.8. The van der Waals surface area contributed by atoms with Crippen molar-refractivity contribution < 1.29 is 4.52 Å². The summed E-state index contributed by atoms with van der Waals surface area (Å²) in [6.07, 6.45) is 0.899. The van der Waals surface area contributed by atoms with Gasteiger partial charge in [0.25, 0.3) is 0 Å². The van der Waals surface area contributed by atoms with E-state index >= 15 is 0 Å². The zero-order valence-corrected chi connectivity index (χ0v) is 30.5. The van der Waals surface area contributed by atoms with Gasteiger partial charge in [-0.25, -0.2) is 0 Å². The molecule has 256 valence electrons. The van der Waals surface area contributed by atoms with E-state index in [1.807, 2.05) is 30.3 Å². The maximum Gasteiger partial charge on any atom is 0.150 e. The first kappa shape index (κ1) is 32.2. The fourth-order valence-corrected chi connectivity index (χ4v) is 9.50. The Labute approximate surface area is 317 Å². The lowest BCUT2D eigenvalue weighted by Crippen LogP contribution is -2.18. The van der Waals surface area contributed by atoms with Crippen molar-refractivity contribution in [3.63, 3.8) is 0 Å². The van der Waals surface area contributed by atoms with E-state index in [0.717, 1.165) is 17.9 Å². The summed E-state index contributed by atoms with van der Waals surface area (Å²) in [5, 5.41) is 7.50. The lowest BCUT2D eigenvalue weighted by Gasteiger charge is -2.34. The summed E-state index contributed by atoms with van der Waals surface area (Å²) in [4.78, 5) is 2.42. The average Bonchev–Trinajstić information content (AvgIpc) is 3.25. The predicted octanol–water partition coefficient (Wildman–Crippen LogP) is 13.1. The fraction of sp³-hybridized carbons (Fsp3) is 0.0196. The van der Waals surface area contributed by atoms with Gasteiger partial charge in [-0.2, -0.15) is 0 Å². The highest BCUT2D eigenvalue weighted by Gasteiger charge is 2.25. The molecule has 9 aromatic rings. The topological polar surface area (TPSA) is 12.5 Å². The highest BCUT2D eigenvalue weighted by Crippen LogP contribution is 2.45. The number of nitrogens with zero attached hydrogens (tertiary/aromatic N) is 1. The molecule has 1 unspecified atom stereocenters. The number of benzene rings is 9. The first-order valence-electron chi connectivity index (χ1n) is 18.5. The van der Waals surface area contributed by atoms with Crippen molar-refractivity contribution in [2.75, 3.05) is 4.90 Å². The van der Waals surface area contributed by atoms with Gasteiger partial charge in [0.2, 0.25) is 0 Å². The average molecular weight is 710 g/mol. The lowest BCUT2D eigenvalue weighted by molar-refractivity contribution is 0.630. The number of hydrogen-bond acceptors (Lipinski definition) is 2. The Balaban J connectivity index is 0.964. The lowest BCUT2D eigenvalue weighted by atomic mass is 9.91. The van der Waals surface area contributed by atoms with Crippen LogP contribution in [0.15, 0.2) is 206 Å². The van der Waals surface area contributed by atoms with Crippen LogP contribution in [0.3, 0.4) is 0 Å². The van der Waals surface area contributed by atoms with Crippen molar-refractivity contribution in [1.82, 2.24) is 0 Å². The van der Waals surface area contributed by atoms with Crippen LogP contribution in [0.5, 0.6) is 5.75 Å². The Hall–Kier alpha value is -6.47. The second-order valence-corrected chi connectivity index (χ2v) is 15.6. The van der Waals surface area contributed by atoms with Gasteiger partial charge in [0.05, 0.1) is 0 Å². The van der Waals surface area contributed by atoms with Gasteiger partial charge < -0.3 is 9.42 Å². The summed E-state index contributed by atoms with van der Waals surface area (Å²) in [5.41, 5.74) is 11.1. The molecule has 3 heteroatoms. The summed E-state index contributed by atoms with van der Waals surface area (Å²) < 4.78 is 6.60. The molecule has 0 spiro atoms. The summed E-state index contributed by atoms with van der Waals surface area (Å²) >= 11 is 0. The monoisotopic (exact) mass is 709 g/mol. The molecule has 0 radical (unpaired) electrons. The molecule has 1 atom stereocenters. The van der Waals surface area contributed by atoms with Crippen LogP contribution in [0.25, 0.3) is 43.8 Å². The molecule has 0 N–H and O–H groups in total. The number of hydrogen-bond donors (Lipinski definition) is 0. The summed E-state index contributed by atoms with van der Waals surface area (Å²) in [6.45, 7) is 0. The van der Waals surface area contributed by atoms with Crippen LogP contribution in [0, 0.1) is 0 Å². The quantitative estimate of drug-likeness (QED) is 0.121. The molecule has 9 aromatic carbocycles. The van der Waals surface area contributed by atoms with Crippen LogP contribution < -0.4 is 20.0 Å². The third-order valence-electron chi connectivity index (χ3n) is 10.5. The van der Waals surface area contributed by atoms with Crippen LogP contribution in [-0.2, 0) is 6.42 Å². The van der Waals surface area contributed by atoms with Crippen molar-refractivity contribution in [3.8, 4) is 28.0 Å². The molecule has 1 aliphatic heterocycles. The maximum atomic E-state index is 6.60. The van der Waals surface area contributed by atoms with E-state index in [1.165, 1.54) is 76.9 Å². The zero-order valence-electron chi connectivity index (χ0n) is 29.6. The minimum absolute atomic E-state index is 0.881. The number of anilines is 3. The summed E-state index contributed by atoms with van der Waals surface area (Å²) in [5.74, 6) is 0.881. The highest BCUT2D eigenvalue weighted by atomic mass is 31.1. The standard InChI is InChI=1S/C51H36NOP/c1-3-13-45(14-4-1)53-54(46-15-5-2-6-16-46)47-30-25-37(26-31-47)36-23-28-44(29-24-36)52-50-18-10-8-12-42(50)34-43-33-40(27-32-51(43)52)41-22-21-39-20-19-38-11-7-9-17-48(38)49(39)35-41/h1-33,35H,34H2. The number of para-hydroxylation sites is 2.